The summed E-state index contributed by atoms with van der Waals surface area (Å²) in [5.41, 5.74) is 5.68. The minimum atomic E-state index is 0.354. The largest absolute Gasteiger partial charge is 0.328 e. The standard InChI is InChI=1S/C8H19N/c1-6(2)5-7(3)8(4)9/h6-8H,5,9H2,1-4H3. The maximum absolute atomic E-state index is 5.68. The van der Waals surface area contributed by atoms with E-state index in [1.807, 2.05) is 0 Å². The number of rotatable bonds is 3. The molecule has 0 aliphatic heterocycles. The van der Waals surface area contributed by atoms with Crippen molar-refractivity contribution in [1.82, 2.24) is 0 Å². The first kappa shape index (κ1) is 8.96. The van der Waals surface area contributed by atoms with E-state index >= 15 is 0 Å². The van der Waals surface area contributed by atoms with Crippen LogP contribution in [0.3, 0.4) is 0 Å². The summed E-state index contributed by atoms with van der Waals surface area (Å²) in [6.07, 6.45) is 1.25. The van der Waals surface area contributed by atoms with Crippen LogP contribution in [0.5, 0.6) is 0 Å². The Morgan fingerprint density at radius 2 is 1.56 bits per heavy atom. The molecule has 2 atom stereocenters. The van der Waals surface area contributed by atoms with Crippen molar-refractivity contribution in [3.05, 3.63) is 0 Å². The normalized spacial score (nSPS) is 18.0. The molecule has 0 rings (SSSR count). The molecule has 0 bridgehead atoms. The average molecular weight is 129 g/mol. The van der Waals surface area contributed by atoms with E-state index in [-0.39, 0.29) is 0 Å². The van der Waals surface area contributed by atoms with Gasteiger partial charge >= 0.3 is 0 Å². The van der Waals surface area contributed by atoms with Crippen LogP contribution in [0.1, 0.15) is 34.1 Å². The molecule has 56 valence electrons. The monoisotopic (exact) mass is 129 g/mol. The van der Waals surface area contributed by atoms with Gasteiger partial charge in [-0.1, -0.05) is 20.8 Å². The molecule has 0 aromatic rings. The Kier molecular flexibility index (Phi) is 3.87. The molecule has 0 fully saturated rings. The van der Waals surface area contributed by atoms with E-state index in [0.717, 1.165) is 5.92 Å². The molecule has 0 aliphatic carbocycles. The van der Waals surface area contributed by atoms with Crippen molar-refractivity contribution >= 4 is 0 Å². The summed E-state index contributed by atoms with van der Waals surface area (Å²) in [6, 6.07) is 0.354. The molecule has 2 unspecified atom stereocenters. The molecule has 0 aliphatic rings. The molecule has 1 heteroatoms. The first-order chi connectivity index (χ1) is 4.04. The molecule has 1 nitrogen and oxygen atoms in total. The van der Waals surface area contributed by atoms with Gasteiger partial charge in [-0.2, -0.15) is 0 Å². The van der Waals surface area contributed by atoms with Crippen LogP contribution in [-0.4, -0.2) is 6.04 Å². The highest BCUT2D eigenvalue weighted by Crippen LogP contribution is 2.12. The van der Waals surface area contributed by atoms with Crippen molar-refractivity contribution in [3.63, 3.8) is 0 Å². The molecule has 0 aromatic heterocycles. The highest BCUT2D eigenvalue weighted by molar-refractivity contribution is 4.64. The topological polar surface area (TPSA) is 26.0 Å². The summed E-state index contributed by atoms with van der Waals surface area (Å²) in [5.74, 6) is 1.45. The SMILES string of the molecule is CC(C)CC(C)C(C)N. The lowest BCUT2D eigenvalue weighted by atomic mass is 9.94. The van der Waals surface area contributed by atoms with Gasteiger partial charge in [-0.25, -0.2) is 0 Å². The van der Waals surface area contributed by atoms with Gasteiger partial charge in [0.05, 0.1) is 0 Å². The molecule has 9 heavy (non-hydrogen) atoms. The lowest BCUT2D eigenvalue weighted by molar-refractivity contribution is 0.388. The molecule has 0 radical (unpaired) electrons. The fourth-order valence-electron chi connectivity index (χ4n) is 0.958. The predicted molar refractivity (Wildman–Crippen MR) is 42.3 cm³/mol. The molecule has 0 saturated carbocycles. The van der Waals surface area contributed by atoms with Crippen molar-refractivity contribution in [1.29, 1.82) is 0 Å². The van der Waals surface area contributed by atoms with E-state index < -0.39 is 0 Å². The minimum absolute atomic E-state index is 0.354. The summed E-state index contributed by atoms with van der Waals surface area (Å²) >= 11 is 0. The van der Waals surface area contributed by atoms with Gasteiger partial charge in [0, 0.05) is 6.04 Å². The van der Waals surface area contributed by atoms with Gasteiger partial charge in [0.1, 0.15) is 0 Å². The summed E-state index contributed by atoms with van der Waals surface area (Å²) in [6.45, 7) is 8.76. The second-order valence-electron chi connectivity index (χ2n) is 3.47. The Labute approximate surface area is 58.6 Å². The van der Waals surface area contributed by atoms with Crippen molar-refractivity contribution in [2.75, 3.05) is 0 Å². The number of hydrogen-bond donors (Lipinski definition) is 1. The number of nitrogens with two attached hydrogens (primary N) is 1. The van der Waals surface area contributed by atoms with Crippen LogP contribution >= 0.6 is 0 Å². The van der Waals surface area contributed by atoms with Gasteiger partial charge in [0.2, 0.25) is 0 Å². The molecule has 0 spiro atoms. The minimum Gasteiger partial charge on any atom is -0.328 e. The van der Waals surface area contributed by atoms with E-state index in [9.17, 15) is 0 Å². The maximum Gasteiger partial charge on any atom is 0.00362 e. The van der Waals surface area contributed by atoms with Crippen molar-refractivity contribution in [2.24, 2.45) is 17.6 Å². The lowest BCUT2D eigenvalue weighted by Crippen LogP contribution is -2.25. The summed E-state index contributed by atoms with van der Waals surface area (Å²) in [5, 5.41) is 0. The zero-order chi connectivity index (χ0) is 7.44. The van der Waals surface area contributed by atoms with Gasteiger partial charge in [-0.15, -0.1) is 0 Å². The Morgan fingerprint density at radius 1 is 1.11 bits per heavy atom. The van der Waals surface area contributed by atoms with E-state index in [1.54, 1.807) is 0 Å². The van der Waals surface area contributed by atoms with Crippen LogP contribution in [-0.2, 0) is 0 Å². The fraction of sp³-hybridized carbons (Fsp3) is 1.00. The Morgan fingerprint density at radius 3 is 1.67 bits per heavy atom. The van der Waals surface area contributed by atoms with Crippen molar-refractivity contribution < 1.29 is 0 Å². The van der Waals surface area contributed by atoms with Gasteiger partial charge in [-0.3, -0.25) is 0 Å². The quantitative estimate of drug-likeness (QED) is 0.620. The van der Waals surface area contributed by atoms with Crippen LogP contribution in [0.4, 0.5) is 0 Å². The highest BCUT2D eigenvalue weighted by Gasteiger charge is 2.08. The smallest absolute Gasteiger partial charge is 0.00362 e. The first-order valence-electron chi connectivity index (χ1n) is 3.79. The van der Waals surface area contributed by atoms with Gasteiger partial charge in [-0.05, 0) is 25.2 Å². The zero-order valence-corrected chi connectivity index (χ0v) is 7.02. The van der Waals surface area contributed by atoms with E-state index in [0.29, 0.717) is 12.0 Å². The third kappa shape index (κ3) is 4.46. The lowest BCUT2D eigenvalue weighted by Gasteiger charge is -2.16. The van der Waals surface area contributed by atoms with E-state index in [1.165, 1.54) is 6.42 Å². The Hall–Kier alpha value is -0.0400. The van der Waals surface area contributed by atoms with Crippen LogP contribution in [0.2, 0.25) is 0 Å². The second-order valence-corrected chi connectivity index (χ2v) is 3.47. The van der Waals surface area contributed by atoms with Gasteiger partial charge in [0.25, 0.3) is 0 Å². The van der Waals surface area contributed by atoms with E-state index in [4.69, 9.17) is 5.73 Å². The number of hydrogen-bond acceptors (Lipinski definition) is 1. The Balaban J connectivity index is 3.38. The molecular formula is C8H19N. The molecule has 0 aromatic carbocycles. The molecule has 2 N–H and O–H groups in total. The predicted octanol–water partition coefficient (Wildman–Crippen LogP) is 2.02. The average Bonchev–Trinajstić information content (AvgIpc) is 1.63. The fourth-order valence-corrected chi connectivity index (χ4v) is 0.958. The van der Waals surface area contributed by atoms with Crippen molar-refractivity contribution in [2.45, 2.75) is 40.2 Å². The highest BCUT2D eigenvalue weighted by atomic mass is 14.6. The van der Waals surface area contributed by atoms with Gasteiger partial charge < -0.3 is 5.73 Å². The van der Waals surface area contributed by atoms with Gasteiger partial charge in [0.15, 0.2) is 0 Å². The van der Waals surface area contributed by atoms with Crippen LogP contribution in [0, 0.1) is 11.8 Å². The van der Waals surface area contributed by atoms with Crippen LogP contribution < -0.4 is 5.73 Å². The molecule has 0 amide bonds. The summed E-state index contributed by atoms with van der Waals surface area (Å²) in [7, 11) is 0. The first-order valence-corrected chi connectivity index (χ1v) is 3.79. The molecule has 0 heterocycles. The Bertz CT molecular complexity index is 67.0. The summed E-state index contributed by atoms with van der Waals surface area (Å²) in [4.78, 5) is 0. The molecule has 0 saturated heterocycles. The maximum atomic E-state index is 5.68. The second kappa shape index (κ2) is 3.89. The van der Waals surface area contributed by atoms with Crippen LogP contribution in [0.25, 0.3) is 0 Å². The van der Waals surface area contributed by atoms with Crippen LogP contribution in [0.15, 0.2) is 0 Å². The zero-order valence-electron chi connectivity index (χ0n) is 7.02. The third-order valence-corrected chi connectivity index (χ3v) is 1.74. The van der Waals surface area contributed by atoms with E-state index in [2.05, 4.69) is 27.7 Å². The molecular weight excluding hydrogens is 110 g/mol. The van der Waals surface area contributed by atoms with Crippen molar-refractivity contribution in [3.8, 4) is 0 Å². The third-order valence-electron chi connectivity index (χ3n) is 1.74. The summed E-state index contributed by atoms with van der Waals surface area (Å²) < 4.78 is 0.